The van der Waals surface area contributed by atoms with Crippen LogP contribution >= 0.6 is 0 Å². The first kappa shape index (κ1) is 12.4. The predicted octanol–water partition coefficient (Wildman–Crippen LogP) is 1.54. The number of hydrogen-bond donors (Lipinski definition) is 3. The fourth-order valence-corrected chi connectivity index (χ4v) is 1.38. The molecule has 18 heavy (non-hydrogen) atoms. The molecule has 1 aromatic carbocycles. The van der Waals surface area contributed by atoms with Crippen LogP contribution < -0.4 is 10.9 Å². The smallest absolute Gasteiger partial charge is 0.237 e. The van der Waals surface area contributed by atoms with Gasteiger partial charge < -0.3 is 5.11 Å². The van der Waals surface area contributed by atoms with Gasteiger partial charge in [0, 0.05) is 18.0 Å². The highest BCUT2D eigenvalue weighted by Crippen LogP contribution is 2.18. The Kier molecular flexibility index (Phi) is 3.81. The summed E-state index contributed by atoms with van der Waals surface area (Å²) in [5, 5.41) is 9.01. The Hall–Kier alpha value is -2.05. The van der Waals surface area contributed by atoms with Crippen LogP contribution in [0.3, 0.4) is 0 Å². The Morgan fingerprint density at radius 2 is 1.94 bits per heavy atom. The van der Waals surface area contributed by atoms with Gasteiger partial charge in [-0.25, -0.2) is 19.8 Å². The van der Waals surface area contributed by atoms with Crippen LogP contribution in [0.4, 0.5) is 10.3 Å². The molecule has 1 atom stereocenters. The molecule has 0 saturated heterocycles. The quantitative estimate of drug-likeness (QED) is 0.565. The number of hydrogen-bond acceptors (Lipinski definition) is 5. The highest BCUT2D eigenvalue weighted by atomic mass is 19.1. The van der Waals surface area contributed by atoms with Gasteiger partial charge in [0.1, 0.15) is 12.0 Å². The SMILES string of the molecule is CC(O)NNc1ncc(-c2cccc(F)c2)cn1. The number of aromatic nitrogens is 2. The number of benzene rings is 1. The second-order valence-electron chi connectivity index (χ2n) is 3.75. The maximum absolute atomic E-state index is 13.1. The van der Waals surface area contributed by atoms with Crippen LogP contribution in [-0.4, -0.2) is 21.3 Å². The average Bonchev–Trinajstić information content (AvgIpc) is 2.37. The fraction of sp³-hybridized carbons (Fsp3) is 0.167. The molecule has 0 aliphatic carbocycles. The molecule has 6 heteroatoms. The van der Waals surface area contributed by atoms with Crippen LogP contribution in [0.15, 0.2) is 36.7 Å². The molecular formula is C12H13FN4O. The Morgan fingerprint density at radius 3 is 2.56 bits per heavy atom. The normalized spacial score (nSPS) is 12.2. The third kappa shape index (κ3) is 3.22. The summed E-state index contributed by atoms with van der Waals surface area (Å²) in [5.74, 6) is 0.0292. The molecule has 2 aromatic rings. The second kappa shape index (κ2) is 5.52. The van der Waals surface area contributed by atoms with Crippen LogP contribution in [0.25, 0.3) is 11.1 Å². The number of aliphatic hydroxyl groups is 1. The topological polar surface area (TPSA) is 70.1 Å². The number of halogens is 1. The van der Waals surface area contributed by atoms with Gasteiger partial charge in [-0.2, -0.15) is 0 Å². The van der Waals surface area contributed by atoms with Crippen molar-refractivity contribution in [3.63, 3.8) is 0 Å². The van der Waals surface area contributed by atoms with Gasteiger partial charge in [-0.15, -0.1) is 0 Å². The molecule has 0 amide bonds. The molecule has 1 aromatic heterocycles. The van der Waals surface area contributed by atoms with E-state index in [9.17, 15) is 4.39 Å². The molecule has 0 spiro atoms. The maximum atomic E-state index is 13.1. The number of nitrogens with zero attached hydrogens (tertiary/aromatic N) is 2. The predicted molar refractivity (Wildman–Crippen MR) is 65.9 cm³/mol. The van der Waals surface area contributed by atoms with Gasteiger partial charge in [-0.3, -0.25) is 5.43 Å². The van der Waals surface area contributed by atoms with E-state index in [-0.39, 0.29) is 5.82 Å². The summed E-state index contributed by atoms with van der Waals surface area (Å²) in [6.45, 7) is 1.56. The monoisotopic (exact) mass is 248 g/mol. The number of anilines is 1. The van der Waals surface area contributed by atoms with Gasteiger partial charge in [0.25, 0.3) is 0 Å². The minimum absolute atomic E-state index is 0.300. The molecule has 0 aliphatic rings. The van der Waals surface area contributed by atoms with Crippen molar-refractivity contribution in [2.24, 2.45) is 0 Å². The lowest BCUT2D eigenvalue weighted by Crippen LogP contribution is -2.31. The highest BCUT2D eigenvalue weighted by Gasteiger charge is 2.02. The molecule has 5 nitrogen and oxygen atoms in total. The van der Waals surface area contributed by atoms with E-state index in [0.717, 1.165) is 5.56 Å². The molecule has 0 radical (unpaired) electrons. The zero-order valence-corrected chi connectivity index (χ0v) is 9.76. The Morgan fingerprint density at radius 1 is 1.22 bits per heavy atom. The lowest BCUT2D eigenvalue weighted by Gasteiger charge is -2.09. The zero-order valence-electron chi connectivity index (χ0n) is 9.76. The lowest BCUT2D eigenvalue weighted by molar-refractivity contribution is 0.166. The molecule has 94 valence electrons. The molecule has 1 unspecified atom stereocenters. The fourth-order valence-electron chi connectivity index (χ4n) is 1.38. The van der Waals surface area contributed by atoms with E-state index in [2.05, 4.69) is 20.8 Å². The van der Waals surface area contributed by atoms with Gasteiger partial charge in [0.15, 0.2) is 0 Å². The van der Waals surface area contributed by atoms with E-state index < -0.39 is 6.23 Å². The summed E-state index contributed by atoms with van der Waals surface area (Å²) in [7, 11) is 0. The Balaban J connectivity index is 2.12. The van der Waals surface area contributed by atoms with Gasteiger partial charge in [0.2, 0.25) is 5.95 Å². The first-order chi connectivity index (χ1) is 8.65. The first-order valence-corrected chi connectivity index (χ1v) is 5.43. The van der Waals surface area contributed by atoms with Crippen molar-refractivity contribution in [1.82, 2.24) is 15.4 Å². The summed E-state index contributed by atoms with van der Waals surface area (Å²) >= 11 is 0. The van der Waals surface area contributed by atoms with Crippen LogP contribution in [0.1, 0.15) is 6.92 Å². The van der Waals surface area contributed by atoms with Crippen molar-refractivity contribution >= 4 is 5.95 Å². The molecular weight excluding hydrogens is 235 g/mol. The zero-order chi connectivity index (χ0) is 13.0. The first-order valence-electron chi connectivity index (χ1n) is 5.43. The number of aliphatic hydroxyl groups excluding tert-OH is 1. The summed E-state index contributed by atoms with van der Waals surface area (Å²) in [6, 6.07) is 6.21. The third-order valence-corrected chi connectivity index (χ3v) is 2.20. The third-order valence-electron chi connectivity index (χ3n) is 2.20. The van der Waals surface area contributed by atoms with Crippen LogP contribution in [-0.2, 0) is 0 Å². The number of nitrogens with one attached hydrogen (secondary N) is 2. The average molecular weight is 248 g/mol. The highest BCUT2D eigenvalue weighted by molar-refractivity contribution is 5.61. The summed E-state index contributed by atoms with van der Waals surface area (Å²) in [6.07, 6.45) is 2.44. The van der Waals surface area contributed by atoms with Gasteiger partial charge >= 0.3 is 0 Å². The van der Waals surface area contributed by atoms with Crippen molar-refractivity contribution in [3.05, 3.63) is 42.5 Å². The summed E-state index contributed by atoms with van der Waals surface area (Å²) in [4.78, 5) is 8.08. The van der Waals surface area contributed by atoms with Crippen LogP contribution in [0, 0.1) is 5.82 Å². The van der Waals surface area contributed by atoms with E-state index >= 15 is 0 Å². The molecule has 2 rings (SSSR count). The van der Waals surface area contributed by atoms with E-state index in [1.807, 2.05) is 0 Å². The van der Waals surface area contributed by atoms with Gasteiger partial charge in [-0.1, -0.05) is 12.1 Å². The molecule has 3 N–H and O–H groups in total. The minimum Gasteiger partial charge on any atom is -0.377 e. The van der Waals surface area contributed by atoms with Crippen molar-refractivity contribution in [1.29, 1.82) is 0 Å². The molecule has 0 saturated carbocycles. The van der Waals surface area contributed by atoms with Crippen molar-refractivity contribution in [2.45, 2.75) is 13.2 Å². The Labute approximate surface area is 104 Å². The molecule has 0 bridgehead atoms. The van der Waals surface area contributed by atoms with E-state index in [4.69, 9.17) is 5.11 Å². The largest absolute Gasteiger partial charge is 0.377 e. The van der Waals surface area contributed by atoms with Crippen LogP contribution in [0.2, 0.25) is 0 Å². The van der Waals surface area contributed by atoms with Gasteiger partial charge in [0.05, 0.1) is 0 Å². The van der Waals surface area contributed by atoms with Crippen molar-refractivity contribution < 1.29 is 9.50 Å². The summed E-state index contributed by atoms with van der Waals surface area (Å²) in [5.41, 5.74) is 6.62. The van der Waals surface area contributed by atoms with Crippen LogP contribution in [0.5, 0.6) is 0 Å². The standard InChI is InChI=1S/C12H13FN4O/c1-8(18)16-17-12-14-6-10(7-15-12)9-3-2-4-11(13)5-9/h2-8,16,18H,1H3,(H,14,15,17). The maximum Gasteiger partial charge on any atom is 0.237 e. The number of rotatable bonds is 4. The Bertz CT molecular complexity index is 516. The van der Waals surface area contributed by atoms with E-state index in [1.54, 1.807) is 31.5 Å². The van der Waals surface area contributed by atoms with E-state index in [0.29, 0.717) is 11.5 Å². The van der Waals surface area contributed by atoms with E-state index in [1.165, 1.54) is 12.1 Å². The molecule has 1 heterocycles. The number of hydrazine groups is 1. The second-order valence-corrected chi connectivity index (χ2v) is 3.75. The van der Waals surface area contributed by atoms with Crippen molar-refractivity contribution in [3.8, 4) is 11.1 Å². The lowest BCUT2D eigenvalue weighted by atomic mass is 10.1. The van der Waals surface area contributed by atoms with Crippen molar-refractivity contribution in [2.75, 3.05) is 5.43 Å². The summed E-state index contributed by atoms with van der Waals surface area (Å²) < 4.78 is 13.1. The van der Waals surface area contributed by atoms with Gasteiger partial charge in [-0.05, 0) is 24.6 Å². The molecule has 0 fully saturated rings. The molecule has 0 aliphatic heterocycles. The minimum atomic E-state index is -0.712.